The molecular formula is C21H21BrF2N2O4. The predicted molar refractivity (Wildman–Crippen MR) is 110 cm³/mol. The third-order valence-corrected chi connectivity index (χ3v) is 5.23. The molecule has 1 heterocycles. The van der Waals surface area contributed by atoms with Gasteiger partial charge in [0.15, 0.2) is 11.5 Å². The molecule has 1 atom stereocenters. The Morgan fingerprint density at radius 2 is 1.83 bits per heavy atom. The molecule has 0 bridgehead atoms. The third kappa shape index (κ3) is 5.47. The first-order valence-electron chi connectivity index (χ1n) is 9.47. The second-order valence-corrected chi connectivity index (χ2v) is 7.64. The molecular weight excluding hydrogens is 462 g/mol. The van der Waals surface area contributed by atoms with Gasteiger partial charge in [0, 0.05) is 23.5 Å². The van der Waals surface area contributed by atoms with E-state index in [4.69, 9.17) is 9.47 Å². The van der Waals surface area contributed by atoms with Crippen molar-refractivity contribution in [2.75, 3.05) is 19.8 Å². The molecule has 0 radical (unpaired) electrons. The number of hydrogen-bond acceptors (Lipinski definition) is 4. The Morgan fingerprint density at radius 3 is 2.53 bits per heavy atom. The molecule has 2 N–H and O–H groups in total. The number of halogens is 3. The van der Waals surface area contributed by atoms with Crippen LogP contribution in [0.2, 0.25) is 0 Å². The van der Waals surface area contributed by atoms with Crippen LogP contribution in [0.4, 0.5) is 8.78 Å². The second kappa shape index (κ2) is 9.88. The molecule has 0 saturated heterocycles. The van der Waals surface area contributed by atoms with E-state index in [0.717, 1.165) is 22.2 Å². The minimum atomic E-state index is -0.927. The van der Waals surface area contributed by atoms with Crippen molar-refractivity contribution in [2.24, 2.45) is 0 Å². The maximum atomic E-state index is 13.6. The van der Waals surface area contributed by atoms with E-state index in [-0.39, 0.29) is 30.5 Å². The van der Waals surface area contributed by atoms with E-state index in [2.05, 4.69) is 26.6 Å². The van der Waals surface area contributed by atoms with Crippen molar-refractivity contribution < 1.29 is 27.8 Å². The standard InChI is InChI=1S/C21H21BrF2N2O4/c1-12(15-10-18-19(11-16(15)22)30-8-7-29-18)26-20(27)3-2-6-25-21(28)14-5-4-13(23)9-17(14)24/h4-5,9-12H,2-3,6-8H2,1H3,(H,25,28)(H,26,27). The van der Waals surface area contributed by atoms with Crippen LogP contribution < -0.4 is 20.1 Å². The molecule has 2 amide bonds. The average molecular weight is 483 g/mol. The lowest BCUT2D eigenvalue weighted by Crippen LogP contribution is -2.29. The number of rotatable bonds is 7. The number of benzene rings is 2. The van der Waals surface area contributed by atoms with Gasteiger partial charge in [-0.3, -0.25) is 9.59 Å². The van der Waals surface area contributed by atoms with Gasteiger partial charge in [-0.1, -0.05) is 15.9 Å². The van der Waals surface area contributed by atoms with Gasteiger partial charge in [-0.05, 0) is 43.2 Å². The van der Waals surface area contributed by atoms with E-state index in [0.29, 0.717) is 37.2 Å². The summed E-state index contributed by atoms with van der Waals surface area (Å²) in [4.78, 5) is 24.2. The normalized spacial score (nSPS) is 13.5. The summed E-state index contributed by atoms with van der Waals surface area (Å²) in [6.45, 7) is 3.01. The number of fused-ring (bicyclic) bond motifs is 1. The first kappa shape index (κ1) is 22.0. The van der Waals surface area contributed by atoms with E-state index in [1.165, 1.54) is 0 Å². The first-order chi connectivity index (χ1) is 14.3. The van der Waals surface area contributed by atoms with Gasteiger partial charge < -0.3 is 20.1 Å². The molecule has 0 fully saturated rings. The van der Waals surface area contributed by atoms with Crippen LogP contribution >= 0.6 is 15.9 Å². The van der Waals surface area contributed by atoms with Crippen LogP contribution in [-0.2, 0) is 4.79 Å². The zero-order valence-corrected chi connectivity index (χ0v) is 17.9. The molecule has 0 aliphatic carbocycles. The highest BCUT2D eigenvalue weighted by Crippen LogP contribution is 2.37. The van der Waals surface area contributed by atoms with E-state index >= 15 is 0 Å². The average Bonchev–Trinajstić information content (AvgIpc) is 2.70. The topological polar surface area (TPSA) is 76.7 Å². The molecule has 3 rings (SSSR count). The van der Waals surface area contributed by atoms with Gasteiger partial charge in [-0.2, -0.15) is 0 Å². The number of ether oxygens (including phenoxy) is 2. The third-order valence-electron chi connectivity index (χ3n) is 4.55. The quantitative estimate of drug-likeness (QED) is 0.587. The fraction of sp³-hybridized carbons (Fsp3) is 0.333. The van der Waals surface area contributed by atoms with Crippen LogP contribution in [0.5, 0.6) is 11.5 Å². The minimum Gasteiger partial charge on any atom is -0.486 e. The molecule has 0 aromatic heterocycles. The highest BCUT2D eigenvalue weighted by molar-refractivity contribution is 9.10. The van der Waals surface area contributed by atoms with E-state index in [1.807, 2.05) is 19.1 Å². The molecule has 2 aromatic carbocycles. The van der Waals surface area contributed by atoms with Crippen molar-refractivity contribution >= 4 is 27.7 Å². The van der Waals surface area contributed by atoms with Crippen LogP contribution in [0, 0.1) is 11.6 Å². The fourth-order valence-electron chi connectivity index (χ4n) is 3.02. The first-order valence-corrected chi connectivity index (χ1v) is 10.3. The maximum absolute atomic E-state index is 13.6. The van der Waals surface area contributed by atoms with Crippen LogP contribution in [0.1, 0.15) is 41.7 Å². The summed E-state index contributed by atoms with van der Waals surface area (Å²) >= 11 is 3.49. The van der Waals surface area contributed by atoms with E-state index in [9.17, 15) is 18.4 Å². The zero-order valence-electron chi connectivity index (χ0n) is 16.3. The summed E-state index contributed by atoms with van der Waals surface area (Å²) in [6, 6.07) is 6.13. The van der Waals surface area contributed by atoms with Crippen molar-refractivity contribution in [2.45, 2.75) is 25.8 Å². The zero-order chi connectivity index (χ0) is 21.7. The molecule has 1 unspecified atom stereocenters. The highest BCUT2D eigenvalue weighted by Gasteiger charge is 2.19. The number of carbonyl (C=O) groups is 2. The SMILES string of the molecule is CC(NC(=O)CCCNC(=O)c1ccc(F)cc1F)c1cc2c(cc1Br)OCCO2. The Balaban J connectivity index is 1.46. The van der Waals surface area contributed by atoms with Crippen molar-refractivity contribution in [1.82, 2.24) is 10.6 Å². The van der Waals surface area contributed by atoms with Gasteiger partial charge >= 0.3 is 0 Å². The maximum Gasteiger partial charge on any atom is 0.254 e. The lowest BCUT2D eigenvalue weighted by Gasteiger charge is -2.22. The lowest BCUT2D eigenvalue weighted by molar-refractivity contribution is -0.121. The number of hydrogen-bond donors (Lipinski definition) is 2. The van der Waals surface area contributed by atoms with Crippen molar-refractivity contribution in [1.29, 1.82) is 0 Å². The Bertz CT molecular complexity index is 955. The summed E-state index contributed by atoms with van der Waals surface area (Å²) in [7, 11) is 0. The summed E-state index contributed by atoms with van der Waals surface area (Å²) in [6.07, 6.45) is 0.550. The Kier molecular flexibility index (Phi) is 7.25. The largest absolute Gasteiger partial charge is 0.486 e. The van der Waals surface area contributed by atoms with Crippen LogP contribution in [-0.4, -0.2) is 31.6 Å². The molecule has 1 aliphatic heterocycles. The van der Waals surface area contributed by atoms with Crippen LogP contribution in [0.3, 0.4) is 0 Å². The summed E-state index contributed by atoms with van der Waals surface area (Å²) in [5, 5.41) is 5.42. The smallest absolute Gasteiger partial charge is 0.254 e. The number of amides is 2. The summed E-state index contributed by atoms with van der Waals surface area (Å²) in [5.74, 6) is -1.23. The summed E-state index contributed by atoms with van der Waals surface area (Å²) < 4.78 is 38.4. The molecule has 30 heavy (non-hydrogen) atoms. The van der Waals surface area contributed by atoms with Gasteiger partial charge in [-0.15, -0.1) is 0 Å². The van der Waals surface area contributed by atoms with Crippen LogP contribution in [0.15, 0.2) is 34.8 Å². The van der Waals surface area contributed by atoms with Gasteiger partial charge in [0.05, 0.1) is 11.6 Å². The summed E-state index contributed by atoms with van der Waals surface area (Å²) in [5.41, 5.74) is 0.616. The number of carbonyl (C=O) groups excluding carboxylic acids is 2. The number of nitrogens with one attached hydrogen (secondary N) is 2. The molecule has 2 aromatic rings. The van der Waals surface area contributed by atoms with E-state index < -0.39 is 17.5 Å². The van der Waals surface area contributed by atoms with Gasteiger partial charge in [0.25, 0.3) is 5.91 Å². The Labute approximate surface area is 181 Å². The lowest BCUT2D eigenvalue weighted by atomic mass is 10.1. The molecule has 1 aliphatic rings. The Hall–Kier alpha value is -2.68. The van der Waals surface area contributed by atoms with Gasteiger partial charge in [0.2, 0.25) is 5.91 Å². The molecule has 6 nitrogen and oxygen atoms in total. The monoisotopic (exact) mass is 482 g/mol. The second-order valence-electron chi connectivity index (χ2n) is 6.79. The van der Waals surface area contributed by atoms with Crippen molar-refractivity contribution in [3.8, 4) is 11.5 Å². The predicted octanol–water partition coefficient (Wildman–Crippen LogP) is 3.89. The molecule has 0 spiro atoms. The van der Waals surface area contributed by atoms with Gasteiger partial charge in [0.1, 0.15) is 24.8 Å². The minimum absolute atomic E-state index is 0.179. The van der Waals surface area contributed by atoms with E-state index in [1.54, 1.807) is 0 Å². The fourth-order valence-corrected chi connectivity index (χ4v) is 3.69. The molecule has 0 saturated carbocycles. The molecule has 160 valence electrons. The van der Waals surface area contributed by atoms with Crippen LogP contribution in [0.25, 0.3) is 0 Å². The van der Waals surface area contributed by atoms with Crippen molar-refractivity contribution in [3.05, 3.63) is 57.6 Å². The highest BCUT2D eigenvalue weighted by atomic mass is 79.9. The Morgan fingerprint density at radius 1 is 1.13 bits per heavy atom. The van der Waals surface area contributed by atoms with Crippen molar-refractivity contribution in [3.63, 3.8) is 0 Å². The van der Waals surface area contributed by atoms with Gasteiger partial charge in [-0.25, -0.2) is 8.78 Å². The molecule has 9 heteroatoms.